The van der Waals surface area contributed by atoms with Gasteiger partial charge < -0.3 is 0 Å². The molecule has 0 nitrogen and oxygen atoms in total. The summed E-state index contributed by atoms with van der Waals surface area (Å²) in [4.78, 5) is 0. The van der Waals surface area contributed by atoms with Gasteiger partial charge in [0.1, 0.15) is 0 Å². The van der Waals surface area contributed by atoms with Crippen LogP contribution < -0.4 is 0 Å². The monoisotopic (exact) mass is 321 g/mol. The summed E-state index contributed by atoms with van der Waals surface area (Å²) in [6.07, 6.45) is 0. The zero-order chi connectivity index (χ0) is 11.9. The standard InChI is InChI=1S/C9H21P.C4H7.Pd/c1-7(2)10(8(3)4)9(5)6;1-4(2)3;/h7-9H,1-6H3;1-2H2,3H3;/q;-1;. The molecule has 0 N–H and O–H groups in total. The molecule has 0 atom stereocenters. The predicted molar refractivity (Wildman–Crippen MR) is 72.5 cm³/mol. The first-order valence-electron chi connectivity index (χ1n) is 5.45. The van der Waals surface area contributed by atoms with Crippen molar-refractivity contribution in [3.8, 4) is 0 Å². The molecular formula is C13H28PPd-. The fourth-order valence-electron chi connectivity index (χ4n) is 1.79. The Balaban J connectivity index is -0.000000249. The van der Waals surface area contributed by atoms with Crippen molar-refractivity contribution in [1.82, 2.24) is 0 Å². The van der Waals surface area contributed by atoms with Gasteiger partial charge in [0.05, 0.1) is 0 Å². The molecule has 0 spiro atoms. The molecule has 0 aromatic heterocycles. The zero-order valence-electron chi connectivity index (χ0n) is 11.4. The Morgan fingerprint density at radius 1 is 0.933 bits per heavy atom. The summed E-state index contributed by atoms with van der Waals surface area (Å²) in [6, 6.07) is 0. The quantitative estimate of drug-likeness (QED) is 0.386. The molecule has 15 heavy (non-hydrogen) atoms. The van der Waals surface area contributed by atoms with E-state index in [1.165, 1.54) is 0 Å². The minimum atomic E-state index is 0. The van der Waals surface area contributed by atoms with E-state index >= 15 is 0 Å². The van der Waals surface area contributed by atoms with Crippen LogP contribution in [0.25, 0.3) is 0 Å². The van der Waals surface area contributed by atoms with Gasteiger partial charge in [-0.1, -0.05) is 56.4 Å². The Labute approximate surface area is 113 Å². The van der Waals surface area contributed by atoms with E-state index in [4.69, 9.17) is 0 Å². The molecule has 0 saturated carbocycles. The summed E-state index contributed by atoms with van der Waals surface area (Å²) in [7, 11) is 0.262. The maximum atomic E-state index is 3.44. The first kappa shape index (κ1) is 21.0. The van der Waals surface area contributed by atoms with E-state index in [0.717, 1.165) is 22.6 Å². The van der Waals surface area contributed by atoms with Crippen LogP contribution in [0.2, 0.25) is 0 Å². The largest absolute Gasteiger partial charge is 0.242 e. The van der Waals surface area contributed by atoms with Crippen molar-refractivity contribution in [3.63, 3.8) is 0 Å². The molecule has 0 aromatic rings. The summed E-state index contributed by atoms with van der Waals surface area (Å²) in [5, 5.41) is 0. The Kier molecular flexibility index (Phi) is 15.7. The molecule has 0 radical (unpaired) electrons. The van der Waals surface area contributed by atoms with Gasteiger partial charge in [0.25, 0.3) is 0 Å². The third-order valence-corrected chi connectivity index (χ3v) is 5.37. The van der Waals surface area contributed by atoms with Crippen LogP contribution in [0.1, 0.15) is 48.5 Å². The van der Waals surface area contributed by atoms with Gasteiger partial charge in [-0.05, 0) is 17.0 Å². The Bertz CT molecular complexity index is 128. The average Bonchev–Trinajstić information content (AvgIpc) is 1.80. The molecule has 0 aliphatic heterocycles. The van der Waals surface area contributed by atoms with Crippen LogP contribution in [0.15, 0.2) is 12.2 Å². The van der Waals surface area contributed by atoms with Crippen LogP contribution in [0.5, 0.6) is 0 Å². The molecule has 0 aliphatic rings. The molecular weight excluding hydrogens is 294 g/mol. The normalized spacial score (nSPS) is 10.1. The molecule has 0 bridgehead atoms. The molecule has 0 amide bonds. The fourth-order valence-corrected chi connectivity index (χ4v) is 5.37. The molecule has 0 aromatic carbocycles. The van der Waals surface area contributed by atoms with Gasteiger partial charge >= 0.3 is 0 Å². The zero-order valence-corrected chi connectivity index (χ0v) is 13.9. The van der Waals surface area contributed by atoms with E-state index in [2.05, 4.69) is 55.0 Å². The van der Waals surface area contributed by atoms with Crippen molar-refractivity contribution in [2.75, 3.05) is 0 Å². The smallest absolute Gasteiger partial charge is 0 e. The molecule has 2 heteroatoms. The van der Waals surface area contributed by atoms with Crippen molar-refractivity contribution < 1.29 is 20.4 Å². The van der Waals surface area contributed by atoms with Gasteiger partial charge in [-0.25, -0.2) is 19.1 Å². The third kappa shape index (κ3) is 14.7. The second-order valence-corrected chi connectivity index (χ2v) is 8.68. The van der Waals surface area contributed by atoms with Crippen LogP contribution in [0.3, 0.4) is 0 Å². The van der Waals surface area contributed by atoms with Gasteiger partial charge in [-0.2, -0.15) is 0 Å². The van der Waals surface area contributed by atoms with Crippen molar-refractivity contribution in [2.24, 2.45) is 0 Å². The van der Waals surface area contributed by atoms with Gasteiger partial charge in [0.15, 0.2) is 0 Å². The van der Waals surface area contributed by atoms with E-state index in [1.807, 2.05) is 6.92 Å². The van der Waals surface area contributed by atoms with E-state index < -0.39 is 0 Å². The number of rotatable bonds is 3. The molecule has 0 aliphatic carbocycles. The van der Waals surface area contributed by atoms with E-state index in [-0.39, 0.29) is 28.3 Å². The summed E-state index contributed by atoms with van der Waals surface area (Å²) in [5.41, 5.74) is 3.61. The summed E-state index contributed by atoms with van der Waals surface area (Å²) < 4.78 is 0. The van der Waals surface area contributed by atoms with Gasteiger partial charge in [-0.3, -0.25) is 0 Å². The van der Waals surface area contributed by atoms with Crippen LogP contribution >= 0.6 is 7.92 Å². The van der Waals surface area contributed by atoms with E-state index in [9.17, 15) is 0 Å². The average molecular weight is 322 g/mol. The van der Waals surface area contributed by atoms with E-state index in [0.29, 0.717) is 0 Å². The van der Waals surface area contributed by atoms with Crippen molar-refractivity contribution in [3.05, 3.63) is 19.1 Å². The van der Waals surface area contributed by atoms with Crippen LogP contribution in [-0.4, -0.2) is 17.0 Å². The fraction of sp³-hybridized carbons (Fsp3) is 0.769. The third-order valence-electron chi connectivity index (χ3n) is 1.79. The summed E-state index contributed by atoms with van der Waals surface area (Å²) in [5.74, 6) is 0. The number of allylic oxidation sites excluding steroid dienone is 1. The Morgan fingerprint density at radius 3 is 1.07 bits per heavy atom. The topological polar surface area (TPSA) is 0 Å². The summed E-state index contributed by atoms with van der Waals surface area (Å²) in [6.45, 7) is 22.9. The second-order valence-electron chi connectivity index (χ2n) is 4.69. The minimum absolute atomic E-state index is 0. The SMILES string of the molecule is C=C([CH2-])C.CC(C)P(C(C)C)C(C)C.[Pd]. The molecule has 96 valence electrons. The van der Waals surface area contributed by atoms with Gasteiger partial charge in [0, 0.05) is 20.4 Å². The molecule has 0 unspecified atom stereocenters. The van der Waals surface area contributed by atoms with Crippen LogP contribution in [-0.2, 0) is 20.4 Å². The van der Waals surface area contributed by atoms with Crippen LogP contribution in [0.4, 0.5) is 0 Å². The first-order valence-corrected chi connectivity index (χ1v) is 6.99. The van der Waals surface area contributed by atoms with Crippen LogP contribution in [0, 0.1) is 6.92 Å². The van der Waals surface area contributed by atoms with E-state index in [1.54, 1.807) is 0 Å². The second kappa shape index (κ2) is 11.2. The Morgan fingerprint density at radius 2 is 1.07 bits per heavy atom. The molecule has 0 fully saturated rings. The number of hydrogen-bond acceptors (Lipinski definition) is 0. The van der Waals surface area contributed by atoms with Crippen molar-refractivity contribution in [2.45, 2.75) is 65.4 Å². The van der Waals surface area contributed by atoms with Crippen molar-refractivity contribution >= 4 is 7.92 Å². The molecule has 0 heterocycles. The van der Waals surface area contributed by atoms with Crippen molar-refractivity contribution in [1.29, 1.82) is 0 Å². The summed E-state index contributed by atoms with van der Waals surface area (Å²) >= 11 is 0. The molecule has 0 saturated heterocycles. The molecule has 0 rings (SSSR count). The first-order chi connectivity index (χ1) is 6.20. The predicted octanol–water partition coefficient (Wildman–Crippen LogP) is 5.09. The van der Waals surface area contributed by atoms with Gasteiger partial charge in [0.2, 0.25) is 0 Å². The van der Waals surface area contributed by atoms with Gasteiger partial charge in [-0.15, -0.1) is 0 Å². The maximum Gasteiger partial charge on any atom is 0 e. The Hall–Kier alpha value is 0.702. The maximum absolute atomic E-state index is 3.44. The number of hydrogen-bond donors (Lipinski definition) is 0. The minimum Gasteiger partial charge on any atom is -0.242 e.